The Labute approximate surface area is 121 Å². The maximum absolute atomic E-state index is 12.1. The van der Waals surface area contributed by atoms with Crippen molar-refractivity contribution in [3.63, 3.8) is 0 Å². The van der Waals surface area contributed by atoms with Crippen LogP contribution in [0.15, 0.2) is 24.3 Å². The predicted molar refractivity (Wildman–Crippen MR) is 82.4 cm³/mol. The first-order valence-electron chi connectivity index (χ1n) is 7.31. The predicted octanol–water partition coefficient (Wildman–Crippen LogP) is 2.55. The number of carbonyl (C=O) groups excluding carboxylic acids is 1. The molecule has 2 atom stereocenters. The maximum Gasteiger partial charge on any atom is 0.256 e. The first-order chi connectivity index (χ1) is 9.42. The highest BCUT2D eigenvalue weighted by Gasteiger charge is 2.41. The number of benzene rings is 1. The van der Waals surface area contributed by atoms with E-state index < -0.39 is 0 Å². The van der Waals surface area contributed by atoms with Crippen LogP contribution in [0.2, 0.25) is 0 Å². The van der Waals surface area contributed by atoms with Crippen LogP contribution in [0.5, 0.6) is 0 Å². The number of rotatable bonds is 3. The van der Waals surface area contributed by atoms with Crippen molar-refractivity contribution >= 4 is 11.6 Å². The van der Waals surface area contributed by atoms with E-state index in [0.29, 0.717) is 5.92 Å². The smallest absolute Gasteiger partial charge is 0.256 e. The molecule has 1 aromatic rings. The van der Waals surface area contributed by atoms with Gasteiger partial charge >= 0.3 is 0 Å². The Morgan fingerprint density at radius 2 is 2.15 bits per heavy atom. The Morgan fingerprint density at radius 3 is 2.75 bits per heavy atom. The Hall–Kier alpha value is -1.55. The SMILES string of the molecule is CC[C@H](C(=O)NN)N1c2ccccc2[C@H](C)CC1(C)C. The minimum atomic E-state index is -0.233. The average molecular weight is 275 g/mol. The third kappa shape index (κ3) is 2.40. The molecule has 0 spiro atoms. The summed E-state index contributed by atoms with van der Waals surface area (Å²) in [5, 5.41) is 0. The van der Waals surface area contributed by atoms with E-state index in [2.05, 4.69) is 49.3 Å². The van der Waals surface area contributed by atoms with Crippen molar-refractivity contribution in [1.82, 2.24) is 5.43 Å². The summed E-state index contributed by atoms with van der Waals surface area (Å²) in [5.74, 6) is 5.74. The molecule has 0 saturated carbocycles. The molecule has 0 saturated heterocycles. The zero-order valence-electron chi connectivity index (χ0n) is 12.8. The number of nitrogens with zero attached hydrogens (tertiary/aromatic N) is 1. The van der Waals surface area contributed by atoms with Gasteiger partial charge in [0.25, 0.3) is 5.91 Å². The topological polar surface area (TPSA) is 58.4 Å². The fraction of sp³-hybridized carbons (Fsp3) is 0.562. The summed E-state index contributed by atoms with van der Waals surface area (Å²) < 4.78 is 0. The lowest BCUT2D eigenvalue weighted by molar-refractivity contribution is -0.122. The standard InChI is InChI=1S/C16H25N3O/c1-5-13(15(20)18-17)19-14-9-7-6-8-12(14)11(2)10-16(19,3)4/h6-9,11,13H,5,10,17H2,1-4H3,(H,18,20)/t11-,13-/m1/s1. The van der Waals surface area contributed by atoms with Gasteiger partial charge in [0.1, 0.15) is 6.04 Å². The van der Waals surface area contributed by atoms with Crippen molar-refractivity contribution in [3.05, 3.63) is 29.8 Å². The Balaban J connectivity index is 2.53. The first-order valence-corrected chi connectivity index (χ1v) is 7.31. The average Bonchev–Trinajstić information content (AvgIpc) is 2.42. The molecule has 4 nitrogen and oxygen atoms in total. The van der Waals surface area contributed by atoms with Gasteiger partial charge < -0.3 is 4.90 Å². The summed E-state index contributed by atoms with van der Waals surface area (Å²) >= 11 is 0. The number of amides is 1. The molecule has 3 N–H and O–H groups in total. The van der Waals surface area contributed by atoms with Crippen LogP contribution in [0, 0.1) is 0 Å². The van der Waals surface area contributed by atoms with E-state index in [4.69, 9.17) is 5.84 Å². The normalized spacial score (nSPS) is 22.1. The van der Waals surface area contributed by atoms with Crippen molar-refractivity contribution in [3.8, 4) is 0 Å². The van der Waals surface area contributed by atoms with Gasteiger partial charge in [0.05, 0.1) is 0 Å². The molecule has 1 aliphatic rings. The second-order valence-electron chi connectivity index (χ2n) is 6.28. The molecule has 0 radical (unpaired) electrons. The third-order valence-corrected chi connectivity index (χ3v) is 4.33. The van der Waals surface area contributed by atoms with E-state index in [9.17, 15) is 4.79 Å². The number of nitrogens with one attached hydrogen (secondary N) is 1. The lowest BCUT2D eigenvalue weighted by Crippen LogP contribution is -2.59. The van der Waals surface area contributed by atoms with Gasteiger partial charge in [0, 0.05) is 11.2 Å². The fourth-order valence-corrected chi connectivity index (χ4v) is 3.58. The Morgan fingerprint density at radius 1 is 1.50 bits per heavy atom. The summed E-state index contributed by atoms with van der Waals surface area (Å²) in [6.07, 6.45) is 1.76. The highest BCUT2D eigenvalue weighted by Crippen LogP contribution is 2.44. The number of carbonyl (C=O) groups is 1. The zero-order valence-corrected chi connectivity index (χ0v) is 12.8. The van der Waals surface area contributed by atoms with Crippen LogP contribution in [-0.4, -0.2) is 17.5 Å². The molecule has 1 aromatic carbocycles. The molecule has 2 rings (SSSR count). The molecular formula is C16H25N3O. The fourth-order valence-electron chi connectivity index (χ4n) is 3.58. The van der Waals surface area contributed by atoms with E-state index in [1.165, 1.54) is 5.56 Å². The number of fused-ring (bicyclic) bond motifs is 1. The molecule has 0 fully saturated rings. The minimum absolute atomic E-state index is 0.0685. The second kappa shape index (κ2) is 5.44. The minimum Gasteiger partial charge on any atom is -0.354 e. The van der Waals surface area contributed by atoms with Crippen molar-refractivity contribution in [2.75, 3.05) is 4.90 Å². The van der Waals surface area contributed by atoms with Crippen LogP contribution in [0.1, 0.15) is 52.0 Å². The molecule has 0 aromatic heterocycles. The molecule has 0 aliphatic carbocycles. The highest BCUT2D eigenvalue weighted by atomic mass is 16.2. The van der Waals surface area contributed by atoms with Crippen LogP contribution >= 0.6 is 0 Å². The van der Waals surface area contributed by atoms with Crippen LogP contribution in [-0.2, 0) is 4.79 Å². The Kier molecular flexibility index (Phi) is 4.04. The summed E-state index contributed by atoms with van der Waals surface area (Å²) in [7, 11) is 0. The quantitative estimate of drug-likeness (QED) is 0.506. The summed E-state index contributed by atoms with van der Waals surface area (Å²) in [6.45, 7) is 8.68. The van der Waals surface area contributed by atoms with E-state index >= 15 is 0 Å². The van der Waals surface area contributed by atoms with Crippen molar-refractivity contribution in [2.24, 2.45) is 5.84 Å². The first kappa shape index (κ1) is 14.9. The lowest BCUT2D eigenvalue weighted by Gasteiger charge is -2.50. The van der Waals surface area contributed by atoms with E-state index in [0.717, 1.165) is 18.5 Å². The van der Waals surface area contributed by atoms with Crippen LogP contribution < -0.4 is 16.2 Å². The largest absolute Gasteiger partial charge is 0.354 e. The number of anilines is 1. The van der Waals surface area contributed by atoms with Crippen LogP contribution in [0.25, 0.3) is 0 Å². The molecule has 20 heavy (non-hydrogen) atoms. The number of nitrogens with two attached hydrogens (primary N) is 1. The van der Waals surface area contributed by atoms with Gasteiger partial charge in [-0.15, -0.1) is 0 Å². The summed E-state index contributed by atoms with van der Waals surface area (Å²) in [5.41, 5.74) is 4.72. The van der Waals surface area contributed by atoms with Crippen LogP contribution in [0.4, 0.5) is 5.69 Å². The summed E-state index contributed by atoms with van der Waals surface area (Å²) in [6, 6.07) is 8.14. The number of hydrogen-bond acceptors (Lipinski definition) is 3. The second-order valence-corrected chi connectivity index (χ2v) is 6.28. The van der Waals surface area contributed by atoms with Gasteiger partial charge in [0.2, 0.25) is 0 Å². The number of para-hydroxylation sites is 1. The van der Waals surface area contributed by atoms with Gasteiger partial charge in [-0.1, -0.05) is 32.0 Å². The molecular weight excluding hydrogens is 250 g/mol. The van der Waals surface area contributed by atoms with Gasteiger partial charge in [-0.2, -0.15) is 0 Å². The molecule has 4 heteroatoms. The van der Waals surface area contributed by atoms with Gasteiger partial charge in [-0.05, 0) is 44.2 Å². The highest BCUT2D eigenvalue weighted by molar-refractivity contribution is 5.86. The van der Waals surface area contributed by atoms with Gasteiger partial charge in [0.15, 0.2) is 0 Å². The zero-order chi connectivity index (χ0) is 14.9. The molecule has 110 valence electrons. The van der Waals surface area contributed by atoms with Gasteiger partial charge in [-0.25, -0.2) is 5.84 Å². The van der Waals surface area contributed by atoms with Gasteiger partial charge in [-0.3, -0.25) is 10.2 Å². The van der Waals surface area contributed by atoms with Crippen molar-refractivity contribution in [1.29, 1.82) is 0 Å². The van der Waals surface area contributed by atoms with E-state index in [1.54, 1.807) is 0 Å². The lowest BCUT2D eigenvalue weighted by atomic mass is 9.79. The van der Waals surface area contributed by atoms with Crippen molar-refractivity contribution < 1.29 is 4.79 Å². The number of hydrogen-bond donors (Lipinski definition) is 2. The monoisotopic (exact) mass is 275 g/mol. The summed E-state index contributed by atoms with van der Waals surface area (Å²) in [4.78, 5) is 14.4. The van der Waals surface area contributed by atoms with E-state index in [1.807, 2.05) is 13.0 Å². The molecule has 1 amide bonds. The maximum atomic E-state index is 12.1. The molecule has 0 bridgehead atoms. The van der Waals surface area contributed by atoms with E-state index in [-0.39, 0.29) is 17.5 Å². The molecule has 1 aliphatic heterocycles. The third-order valence-electron chi connectivity index (χ3n) is 4.33. The molecule has 1 heterocycles. The molecule has 0 unspecified atom stereocenters. The number of hydrazine groups is 1. The van der Waals surface area contributed by atoms with Crippen LogP contribution in [0.3, 0.4) is 0 Å². The van der Waals surface area contributed by atoms with Crippen molar-refractivity contribution in [2.45, 2.75) is 58.0 Å². The Bertz CT molecular complexity index is 498.